The molecule has 0 saturated carbocycles. The third-order valence-corrected chi connectivity index (χ3v) is 6.01. The third-order valence-electron chi connectivity index (χ3n) is 4.69. The van der Waals surface area contributed by atoms with Crippen LogP contribution in [0.25, 0.3) is 11.1 Å². The highest BCUT2D eigenvalue weighted by Gasteiger charge is 2.34. The van der Waals surface area contributed by atoms with Gasteiger partial charge in [0.25, 0.3) is 0 Å². The molecular weight excluding hydrogens is 300 g/mol. The van der Waals surface area contributed by atoms with Gasteiger partial charge in [-0.3, -0.25) is 0 Å². The first-order valence-electron chi connectivity index (χ1n) is 8.20. The number of hydrogen-bond donors (Lipinski definition) is 0. The first-order chi connectivity index (χ1) is 11.0. The topological polar surface area (TPSA) is 9.23 Å². The normalized spacial score (nSPS) is 18.7. The fraction of sp³-hybridized carbons (Fsp3) is 0.333. The van der Waals surface area contributed by atoms with Crippen molar-refractivity contribution < 1.29 is 4.74 Å². The zero-order chi connectivity index (χ0) is 16.4. The summed E-state index contributed by atoms with van der Waals surface area (Å²) in [6.07, 6.45) is 0.937. The maximum Gasteiger partial charge on any atom is 0.0871 e. The SMILES string of the molecule is C=C(C)[C@](C)(CC1Sc2ccccc2-c2ccccc21)OCC. The van der Waals surface area contributed by atoms with Crippen molar-refractivity contribution in [3.8, 4) is 11.1 Å². The van der Waals surface area contributed by atoms with Gasteiger partial charge < -0.3 is 4.74 Å². The van der Waals surface area contributed by atoms with Crippen molar-refractivity contribution in [1.82, 2.24) is 0 Å². The van der Waals surface area contributed by atoms with E-state index in [9.17, 15) is 0 Å². The molecule has 0 amide bonds. The Labute approximate surface area is 143 Å². The Kier molecular flexibility index (Phi) is 4.65. The van der Waals surface area contributed by atoms with Gasteiger partial charge in [0.15, 0.2) is 0 Å². The molecular formula is C21H24OS. The van der Waals surface area contributed by atoms with Gasteiger partial charge in [0.05, 0.1) is 5.60 Å². The maximum absolute atomic E-state index is 6.08. The van der Waals surface area contributed by atoms with E-state index in [2.05, 4.69) is 75.9 Å². The van der Waals surface area contributed by atoms with Gasteiger partial charge in [0, 0.05) is 16.8 Å². The smallest absolute Gasteiger partial charge is 0.0871 e. The van der Waals surface area contributed by atoms with Gasteiger partial charge in [-0.05, 0) is 55.5 Å². The Balaban J connectivity index is 2.01. The highest BCUT2D eigenvalue weighted by Crippen LogP contribution is 2.52. The Morgan fingerprint density at radius 3 is 2.48 bits per heavy atom. The first-order valence-corrected chi connectivity index (χ1v) is 9.08. The zero-order valence-electron chi connectivity index (χ0n) is 14.1. The lowest BCUT2D eigenvalue weighted by Gasteiger charge is -2.36. The van der Waals surface area contributed by atoms with Crippen LogP contribution in [0.15, 0.2) is 65.6 Å². The molecule has 2 aromatic carbocycles. The predicted octanol–water partition coefficient (Wildman–Crippen LogP) is 6.26. The molecule has 0 aliphatic carbocycles. The number of fused-ring (bicyclic) bond motifs is 3. The molecule has 2 heteroatoms. The summed E-state index contributed by atoms with van der Waals surface area (Å²) in [6.45, 7) is 11.2. The van der Waals surface area contributed by atoms with E-state index in [1.165, 1.54) is 21.6 Å². The molecule has 1 heterocycles. The summed E-state index contributed by atoms with van der Waals surface area (Å²) in [4.78, 5) is 1.36. The molecule has 2 aromatic rings. The van der Waals surface area contributed by atoms with Gasteiger partial charge in [-0.2, -0.15) is 0 Å². The highest BCUT2D eigenvalue weighted by molar-refractivity contribution is 7.99. The molecule has 1 aliphatic heterocycles. The molecule has 0 N–H and O–H groups in total. The largest absolute Gasteiger partial charge is 0.371 e. The fourth-order valence-electron chi connectivity index (χ4n) is 3.21. The molecule has 0 fully saturated rings. The Bertz CT molecular complexity index is 721. The molecule has 1 aliphatic rings. The van der Waals surface area contributed by atoms with Crippen molar-refractivity contribution >= 4 is 11.8 Å². The maximum atomic E-state index is 6.08. The van der Waals surface area contributed by atoms with Gasteiger partial charge in [0.2, 0.25) is 0 Å². The minimum absolute atomic E-state index is 0.286. The monoisotopic (exact) mass is 324 g/mol. The average molecular weight is 324 g/mol. The zero-order valence-corrected chi connectivity index (χ0v) is 15.0. The molecule has 0 radical (unpaired) electrons. The van der Waals surface area contributed by atoms with E-state index in [0.717, 1.165) is 12.0 Å². The van der Waals surface area contributed by atoms with Crippen molar-refractivity contribution in [2.75, 3.05) is 6.61 Å². The fourth-order valence-corrected chi connectivity index (χ4v) is 4.71. The van der Waals surface area contributed by atoms with Gasteiger partial charge in [-0.25, -0.2) is 0 Å². The molecule has 1 unspecified atom stereocenters. The molecule has 2 atom stereocenters. The van der Waals surface area contributed by atoms with Crippen LogP contribution in [-0.2, 0) is 4.74 Å². The van der Waals surface area contributed by atoms with E-state index in [4.69, 9.17) is 4.74 Å². The number of hydrogen-bond acceptors (Lipinski definition) is 2. The number of benzene rings is 2. The van der Waals surface area contributed by atoms with E-state index >= 15 is 0 Å². The van der Waals surface area contributed by atoms with Crippen LogP contribution in [0.3, 0.4) is 0 Å². The van der Waals surface area contributed by atoms with Crippen LogP contribution in [0, 0.1) is 0 Å². The van der Waals surface area contributed by atoms with Gasteiger partial charge in [-0.1, -0.05) is 49.0 Å². The lowest BCUT2D eigenvalue weighted by Crippen LogP contribution is -2.32. The van der Waals surface area contributed by atoms with E-state index in [1.54, 1.807) is 0 Å². The van der Waals surface area contributed by atoms with E-state index in [0.29, 0.717) is 11.9 Å². The molecule has 0 saturated heterocycles. The van der Waals surface area contributed by atoms with Crippen LogP contribution in [0.1, 0.15) is 38.0 Å². The summed E-state index contributed by atoms with van der Waals surface area (Å²) >= 11 is 1.95. The minimum atomic E-state index is -0.286. The van der Waals surface area contributed by atoms with Crippen molar-refractivity contribution in [2.45, 2.75) is 42.9 Å². The third kappa shape index (κ3) is 3.11. The second kappa shape index (κ2) is 6.54. The average Bonchev–Trinajstić information content (AvgIpc) is 2.55. The molecule has 0 aromatic heterocycles. The standard InChI is InChI=1S/C21H24OS/c1-5-22-21(4,15(2)3)14-20-18-12-7-6-10-16(18)17-11-8-9-13-19(17)23-20/h6-13,20H,2,5,14H2,1,3-4H3/t20?,21-/m0/s1. The van der Waals surface area contributed by atoms with Crippen LogP contribution in [-0.4, -0.2) is 12.2 Å². The van der Waals surface area contributed by atoms with E-state index in [1.807, 2.05) is 11.8 Å². The summed E-state index contributed by atoms with van der Waals surface area (Å²) in [5, 5.41) is 0.384. The minimum Gasteiger partial charge on any atom is -0.371 e. The van der Waals surface area contributed by atoms with Crippen molar-refractivity contribution in [2.24, 2.45) is 0 Å². The number of rotatable bonds is 5. The molecule has 0 spiro atoms. The van der Waals surface area contributed by atoms with Crippen molar-refractivity contribution in [1.29, 1.82) is 0 Å². The first kappa shape index (κ1) is 16.4. The number of ether oxygens (including phenoxy) is 1. The van der Waals surface area contributed by atoms with Crippen LogP contribution in [0.4, 0.5) is 0 Å². The highest BCUT2D eigenvalue weighted by atomic mass is 32.2. The van der Waals surface area contributed by atoms with Crippen LogP contribution >= 0.6 is 11.8 Å². The van der Waals surface area contributed by atoms with E-state index in [-0.39, 0.29) is 5.60 Å². The predicted molar refractivity (Wildman–Crippen MR) is 99.9 cm³/mol. The number of thioether (sulfide) groups is 1. The van der Waals surface area contributed by atoms with Crippen molar-refractivity contribution in [3.63, 3.8) is 0 Å². The molecule has 0 bridgehead atoms. The Morgan fingerprint density at radius 1 is 1.13 bits per heavy atom. The summed E-state index contributed by atoms with van der Waals surface area (Å²) in [6, 6.07) is 17.4. The second-order valence-electron chi connectivity index (χ2n) is 6.34. The van der Waals surface area contributed by atoms with E-state index < -0.39 is 0 Å². The summed E-state index contributed by atoms with van der Waals surface area (Å²) in [5.41, 5.74) is 4.91. The molecule has 23 heavy (non-hydrogen) atoms. The Morgan fingerprint density at radius 2 is 1.78 bits per heavy atom. The summed E-state index contributed by atoms with van der Waals surface area (Å²) in [5.74, 6) is 0. The Hall–Kier alpha value is -1.51. The quantitative estimate of drug-likeness (QED) is 0.600. The van der Waals surface area contributed by atoms with Crippen LogP contribution in [0.2, 0.25) is 0 Å². The van der Waals surface area contributed by atoms with Gasteiger partial charge in [0.1, 0.15) is 0 Å². The lowest BCUT2D eigenvalue weighted by atomic mass is 9.87. The van der Waals surface area contributed by atoms with Crippen LogP contribution < -0.4 is 0 Å². The van der Waals surface area contributed by atoms with Gasteiger partial charge in [-0.15, -0.1) is 11.8 Å². The van der Waals surface area contributed by atoms with Crippen molar-refractivity contribution in [3.05, 3.63) is 66.2 Å². The molecule has 3 rings (SSSR count). The summed E-state index contributed by atoms with van der Waals surface area (Å²) in [7, 11) is 0. The molecule has 1 nitrogen and oxygen atoms in total. The van der Waals surface area contributed by atoms with Crippen LogP contribution in [0.5, 0.6) is 0 Å². The molecule has 120 valence electrons. The lowest BCUT2D eigenvalue weighted by molar-refractivity contribution is -0.00176. The second-order valence-corrected chi connectivity index (χ2v) is 7.58. The van der Waals surface area contributed by atoms with Gasteiger partial charge >= 0.3 is 0 Å². The summed E-state index contributed by atoms with van der Waals surface area (Å²) < 4.78 is 6.08.